The average molecular weight is 376 g/mol. The Hall–Kier alpha value is -1.34. The molecule has 4 saturated heterocycles. The summed E-state index contributed by atoms with van der Waals surface area (Å²) in [4.78, 5) is 12.0. The van der Waals surface area contributed by atoms with Crippen LogP contribution in [0.5, 0.6) is 11.5 Å². The molecule has 0 radical (unpaired) electrons. The SMILES string of the molecule is C[C@H]1[C@@H](Oc2ccc(O)cc2)O[C@@H]2O[C@]3(C)CC[C@H]4[C@H](C)CC[C@@H]1C24OO3. The van der Waals surface area contributed by atoms with Crippen molar-refractivity contribution in [3.8, 4) is 11.5 Å². The van der Waals surface area contributed by atoms with Gasteiger partial charge in [-0.15, -0.1) is 0 Å². The summed E-state index contributed by atoms with van der Waals surface area (Å²) in [6, 6.07) is 6.74. The van der Waals surface area contributed by atoms with Gasteiger partial charge >= 0.3 is 0 Å². The number of ether oxygens (including phenoxy) is 3. The molecular weight excluding hydrogens is 348 g/mol. The summed E-state index contributed by atoms with van der Waals surface area (Å²) < 4.78 is 18.9. The number of aromatic hydroxyl groups is 1. The van der Waals surface area contributed by atoms with Crippen LogP contribution in [0.25, 0.3) is 0 Å². The Balaban J connectivity index is 1.48. The Kier molecular flexibility index (Phi) is 3.99. The Bertz CT molecular complexity index is 707. The zero-order valence-electron chi connectivity index (χ0n) is 16.1. The van der Waals surface area contributed by atoms with E-state index in [4.69, 9.17) is 24.0 Å². The minimum atomic E-state index is -0.777. The smallest absolute Gasteiger partial charge is 0.205 e. The normalized spacial score (nSPS) is 48.6. The number of rotatable bonds is 2. The maximum absolute atomic E-state index is 9.50. The van der Waals surface area contributed by atoms with E-state index >= 15 is 0 Å². The maximum atomic E-state index is 9.50. The van der Waals surface area contributed by atoms with Crippen LogP contribution in [0.2, 0.25) is 0 Å². The van der Waals surface area contributed by atoms with Crippen LogP contribution in [0.15, 0.2) is 24.3 Å². The minimum Gasteiger partial charge on any atom is -0.508 e. The van der Waals surface area contributed by atoms with Crippen molar-refractivity contribution in [1.29, 1.82) is 0 Å². The van der Waals surface area contributed by atoms with Gasteiger partial charge in [-0.1, -0.05) is 13.8 Å². The molecule has 6 nitrogen and oxygen atoms in total. The standard InChI is InChI=1S/C21H28O6/c1-12-4-9-17-13(2)18(23-15-7-5-14(22)6-8-15)24-19-21(17)16(12)10-11-20(3,25-19)26-27-21/h5-8,12-13,16-19,22H,4,9-11H2,1-3H3/t12-,13-,16+,17+,18+,19-,20+,21?/m1/s1. The van der Waals surface area contributed by atoms with Crippen LogP contribution in [-0.2, 0) is 19.2 Å². The third-order valence-corrected chi connectivity index (χ3v) is 7.19. The number of fused-ring (bicyclic) bond motifs is 2. The van der Waals surface area contributed by atoms with Gasteiger partial charge in [0.25, 0.3) is 0 Å². The van der Waals surface area contributed by atoms with Crippen molar-refractivity contribution in [2.45, 2.75) is 70.4 Å². The lowest BCUT2D eigenvalue weighted by molar-refractivity contribution is -0.575. The Morgan fingerprint density at radius 2 is 1.81 bits per heavy atom. The first-order valence-corrected chi connectivity index (χ1v) is 10.1. The average Bonchev–Trinajstić information content (AvgIpc) is 2.87. The summed E-state index contributed by atoms with van der Waals surface area (Å²) in [5.41, 5.74) is -0.568. The third-order valence-electron chi connectivity index (χ3n) is 7.19. The predicted octanol–water partition coefficient (Wildman–Crippen LogP) is 3.98. The van der Waals surface area contributed by atoms with Gasteiger partial charge in [-0.25, -0.2) is 9.78 Å². The molecule has 1 spiro atoms. The first-order chi connectivity index (χ1) is 12.9. The molecule has 6 heteroatoms. The van der Waals surface area contributed by atoms with Gasteiger partial charge in [0.2, 0.25) is 12.1 Å². The lowest BCUT2D eigenvalue weighted by atomic mass is 9.58. The van der Waals surface area contributed by atoms with E-state index in [1.165, 1.54) is 6.42 Å². The highest BCUT2D eigenvalue weighted by atomic mass is 17.3. The fraction of sp³-hybridized carbons (Fsp3) is 0.714. The summed E-state index contributed by atoms with van der Waals surface area (Å²) in [6.07, 6.45) is 3.08. The number of phenols is 1. The minimum absolute atomic E-state index is 0.125. The van der Waals surface area contributed by atoms with E-state index in [0.29, 0.717) is 17.6 Å². The Morgan fingerprint density at radius 3 is 2.59 bits per heavy atom. The summed E-state index contributed by atoms with van der Waals surface area (Å²) >= 11 is 0. The summed E-state index contributed by atoms with van der Waals surface area (Å²) in [7, 11) is 0. The van der Waals surface area contributed by atoms with E-state index in [0.717, 1.165) is 19.3 Å². The van der Waals surface area contributed by atoms with Crippen LogP contribution >= 0.6 is 0 Å². The summed E-state index contributed by atoms with van der Waals surface area (Å²) in [6.45, 7) is 6.39. The van der Waals surface area contributed by atoms with Crippen LogP contribution in [0.4, 0.5) is 0 Å². The fourth-order valence-corrected chi connectivity index (χ4v) is 5.67. The molecule has 148 valence electrons. The van der Waals surface area contributed by atoms with Gasteiger partial charge in [-0.3, -0.25) is 0 Å². The number of hydrogen-bond acceptors (Lipinski definition) is 6. The van der Waals surface area contributed by atoms with E-state index < -0.39 is 24.0 Å². The molecule has 0 amide bonds. The van der Waals surface area contributed by atoms with E-state index in [-0.39, 0.29) is 17.6 Å². The summed E-state index contributed by atoms with van der Waals surface area (Å²) in [5.74, 6) is 1.36. The molecule has 1 saturated carbocycles. The van der Waals surface area contributed by atoms with Crippen molar-refractivity contribution in [3.05, 3.63) is 24.3 Å². The number of hydrogen-bond donors (Lipinski definition) is 1. The van der Waals surface area contributed by atoms with E-state index in [1.807, 2.05) is 6.92 Å². The molecule has 1 unspecified atom stereocenters. The quantitative estimate of drug-likeness (QED) is 0.788. The molecule has 1 N–H and O–H groups in total. The van der Waals surface area contributed by atoms with E-state index in [2.05, 4.69) is 13.8 Å². The first-order valence-electron chi connectivity index (χ1n) is 10.1. The number of benzene rings is 1. The topological polar surface area (TPSA) is 66.4 Å². The van der Waals surface area contributed by atoms with Crippen molar-refractivity contribution >= 4 is 0 Å². The molecule has 2 bridgehead atoms. The molecule has 1 aromatic rings. The van der Waals surface area contributed by atoms with Gasteiger partial charge in [-0.2, -0.15) is 0 Å². The highest BCUT2D eigenvalue weighted by Crippen LogP contribution is 2.60. The van der Waals surface area contributed by atoms with Crippen LogP contribution < -0.4 is 4.74 Å². The molecule has 5 fully saturated rings. The molecule has 1 aromatic carbocycles. The van der Waals surface area contributed by atoms with Crippen molar-refractivity contribution in [1.82, 2.24) is 0 Å². The van der Waals surface area contributed by atoms with Crippen molar-refractivity contribution in [2.75, 3.05) is 0 Å². The van der Waals surface area contributed by atoms with Crippen LogP contribution in [0.1, 0.15) is 46.5 Å². The van der Waals surface area contributed by atoms with Gasteiger partial charge < -0.3 is 19.3 Å². The monoisotopic (exact) mass is 376 g/mol. The zero-order valence-corrected chi connectivity index (χ0v) is 16.1. The molecule has 5 aliphatic rings. The van der Waals surface area contributed by atoms with Crippen molar-refractivity contribution < 1.29 is 29.1 Å². The number of phenolic OH excluding ortho intramolecular Hbond substituents is 1. The van der Waals surface area contributed by atoms with Crippen LogP contribution in [0.3, 0.4) is 0 Å². The molecule has 4 aliphatic heterocycles. The van der Waals surface area contributed by atoms with Crippen LogP contribution in [0, 0.1) is 23.7 Å². The molecule has 8 atom stereocenters. The Labute approximate surface area is 159 Å². The van der Waals surface area contributed by atoms with Gasteiger partial charge in [0, 0.05) is 18.3 Å². The molecule has 1 aliphatic carbocycles. The highest BCUT2D eigenvalue weighted by molar-refractivity contribution is 5.30. The van der Waals surface area contributed by atoms with Crippen molar-refractivity contribution in [2.24, 2.45) is 23.7 Å². The fourth-order valence-electron chi connectivity index (χ4n) is 5.67. The summed E-state index contributed by atoms with van der Waals surface area (Å²) in [5, 5.41) is 9.50. The van der Waals surface area contributed by atoms with Gasteiger partial charge in [0.1, 0.15) is 11.5 Å². The second-order valence-corrected chi connectivity index (χ2v) is 8.89. The molecular formula is C21H28O6. The highest BCUT2D eigenvalue weighted by Gasteiger charge is 2.69. The largest absolute Gasteiger partial charge is 0.508 e. The lowest BCUT2D eigenvalue weighted by Gasteiger charge is -2.60. The van der Waals surface area contributed by atoms with Gasteiger partial charge in [0.05, 0.1) is 0 Å². The predicted molar refractivity (Wildman–Crippen MR) is 95.6 cm³/mol. The second-order valence-electron chi connectivity index (χ2n) is 8.89. The zero-order chi connectivity index (χ0) is 18.8. The van der Waals surface area contributed by atoms with Crippen LogP contribution in [-0.4, -0.2) is 29.1 Å². The molecule has 6 rings (SSSR count). The van der Waals surface area contributed by atoms with Crippen molar-refractivity contribution in [3.63, 3.8) is 0 Å². The second kappa shape index (κ2) is 6.08. The third kappa shape index (κ3) is 2.61. The first kappa shape index (κ1) is 17.7. The van der Waals surface area contributed by atoms with Gasteiger partial charge in [0.15, 0.2) is 11.9 Å². The maximum Gasteiger partial charge on any atom is 0.205 e. The van der Waals surface area contributed by atoms with Gasteiger partial charge in [-0.05, 0) is 62.3 Å². The van der Waals surface area contributed by atoms with E-state index in [1.54, 1.807) is 24.3 Å². The molecule has 4 heterocycles. The van der Waals surface area contributed by atoms with E-state index in [9.17, 15) is 5.11 Å². The Morgan fingerprint density at radius 1 is 1.04 bits per heavy atom. The molecule has 0 aromatic heterocycles. The lowest BCUT2D eigenvalue weighted by Crippen LogP contribution is -2.70. The molecule has 27 heavy (non-hydrogen) atoms.